The molecule has 0 aromatic heterocycles. The first-order valence-corrected chi connectivity index (χ1v) is 7.49. The molecule has 0 fully saturated rings. The molecule has 0 aromatic carbocycles. The molecule has 0 bridgehead atoms. The van der Waals surface area contributed by atoms with E-state index >= 15 is 0 Å². The Morgan fingerprint density at radius 3 is 1.94 bits per heavy atom. The number of hydrogen-bond donors (Lipinski definition) is 2. The van der Waals surface area contributed by atoms with Gasteiger partial charge in [-0.3, -0.25) is 0 Å². The second-order valence-corrected chi connectivity index (χ2v) is 8.71. The summed E-state index contributed by atoms with van der Waals surface area (Å²) in [6.45, 7) is 14.1. The van der Waals surface area contributed by atoms with Crippen LogP contribution in [0.4, 0.5) is 0 Å². The molecule has 0 aliphatic heterocycles. The van der Waals surface area contributed by atoms with Crippen molar-refractivity contribution in [3.05, 3.63) is 0 Å². The molecule has 17 heavy (non-hydrogen) atoms. The minimum atomic E-state index is -1.09. The fourth-order valence-electron chi connectivity index (χ4n) is 1.32. The molecule has 3 atom stereocenters. The van der Waals surface area contributed by atoms with Crippen molar-refractivity contribution in [1.82, 2.24) is 4.72 Å². The van der Waals surface area contributed by atoms with Gasteiger partial charge in [-0.25, -0.2) is 8.93 Å². The summed E-state index contributed by atoms with van der Waals surface area (Å²) < 4.78 is 15.0. The minimum Gasteiger partial charge on any atom is -0.393 e. The van der Waals surface area contributed by atoms with Crippen LogP contribution >= 0.6 is 0 Å². The Bertz CT molecular complexity index is 253. The second-order valence-electron chi connectivity index (χ2n) is 6.72. The van der Waals surface area contributed by atoms with Crippen LogP contribution in [0.15, 0.2) is 0 Å². The van der Waals surface area contributed by atoms with Gasteiger partial charge < -0.3 is 5.11 Å². The third-order valence-electron chi connectivity index (χ3n) is 2.83. The quantitative estimate of drug-likeness (QED) is 0.801. The molecule has 0 saturated carbocycles. The molecule has 0 amide bonds. The van der Waals surface area contributed by atoms with Gasteiger partial charge in [0, 0.05) is 6.04 Å². The van der Waals surface area contributed by atoms with Gasteiger partial charge in [-0.15, -0.1) is 0 Å². The molecule has 3 nitrogen and oxygen atoms in total. The van der Waals surface area contributed by atoms with E-state index in [1.54, 1.807) is 0 Å². The van der Waals surface area contributed by atoms with Gasteiger partial charge in [-0.05, 0) is 39.0 Å². The third kappa shape index (κ3) is 6.53. The smallest absolute Gasteiger partial charge is 0.0972 e. The van der Waals surface area contributed by atoms with Gasteiger partial charge in [0.25, 0.3) is 0 Å². The highest BCUT2D eigenvalue weighted by Gasteiger charge is 2.31. The lowest BCUT2D eigenvalue weighted by molar-refractivity contribution is 0.124. The van der Waals surface area contributed by atoms with Gasteiger partial charge in [0.15, 0.2) is 0 Å². The Hall–Kier alpha value is 0.0700. The summed E-state index contributed by atoms with van der Waals surface area (Å²) in [5.74, 6) is 0. The lowest BCUT2D eigenvalue weighted by Gasteiger charge is -2.34. The zero-order valence-electron chi connectivity index (χ0n) is 12.3. The minimum absolute atomic E-state index is 0.0168. The first-order chi connectivity index (χ1) is 7.48. The van der Waals surface area contributed by atoms with E-state index in [-0.39, 0.29) is 22.3 Å². The molecule has 0 aliphatic carbocycles. The van der Waals surface area contributed by atoms with Crippen LogP contribution in [0.3, 0.4) is 0 Å². The monoisotopic (exact) mass is 263 g/mol. The van der Waals surface area contributed by atoms with Crippen molar-refractivity contribution in [3.8, 4) is 0 Å². The average molecular weight is 263 g/mol. The molecule has 104 valence electrons. The third-order valence-corrected chi connectivity index (χ3v) is 4.44. The van der Waals surface area contributed by atoms with Gasteiger partial charge in [-0.1, -0.05) is 27.7 Å². The maximum absolute atomic E-state index is 12.1. The normalized spacial score (nSPS) is 18.8. The molecular weight excluding hydrogens is 234 g/mol. The SMILES string of the molecule is CC[C@@H](O)C[C@@H](NS(=O)C(C)(C)C)C(C)(C)C. The van der Waals surface area contributed by atoms with Gasteiger partial charge in [0.05, 0.1) is 21.8 Å². The van der Waals surface area contributed by atoms with Crippen LogP contribution in [-0.2, 0) is 11.0 Å². The predicted molar refractivity (Wildman–Crippen MR) is 75.2 cm³/mol. The van der Waals surface area contributed by atoms with Gasteiger partial charge in [-0.2, -0.15) is 0 Å². The van der Waals surface area contributed by atoms with Crippen LogP contribution in [0.25, 0.3) is 0 Å². The van der Waals surface area contributed by atoms with Crippen molar-refractivity contribution < 1.29 is 9.32 Å². The molecule has 0 saturated heterocycles. The molecule has 4 heteroatoms. The van der Waals surface area contributed by atoms with E-state index in [0.29, 0.717) is 6.42 Å². The highest BCUT2D eigenvalue weighted by Crippen LogP contribution is 2.25. The van der Waals surface area contributed by atoms with E-state index in [1.165, 1.54) is 0 Å². The summed E-state index contributed by atoms with van der Waals surface area (Å²) in [5.41, 5.74) is -0.0168. The van der Waals surface area contributed by atoms with Gasteiger partial charge >= 0.3 is 0 Å². The zero-order valence-corrected chi connectivity index (χ0v) is 13.1. The first-order valence-electron chi connectivity index (χ1n) is 6.34. The van der Waals surface area contributed by atoms with Crippen LogP contribution in [0.5, 0.6) is 0 Å². The maximum atomic E-state index is 12.1. The van der Waals surface area contributed by atoms with Crippen molar-refractivity contribution in [2.45, 2.75) is 78.2 Å². The van der Waals surface area contributed by atoms with Crippen molar-refractivity contribution in [2.24, 2.45) is 5.41 Å². The molecule has 0 spiro atoms. The van der Waals surface area contributed by atoms with Crippen molar-refractivity contribution in [3.63, 3.8) is 0 Å². The number of hydrogen-bond acceptors (Lipinski definition) is 2. The van der Waals surface area contributed by atoms with Crippen LogP contribution in [0, 0.1) is 5.41 Å². The topological polar surface area (TPSA) is 49.3 Å². The second kappa shape index (κ2) is 6.30. The van der Waals surface area contributed by atoms with E-state index in [1.807, 2.05) is 27.7 Å². The van der Waals surface area contributed by atoms with Crippen LogP contribution in [0.1, 0.15) is 61.3 Å². The van der Waals surface area contributed by atoms with Gasteiger partial charge in [0.1, 0.15) is 0 Å². The molecule has 2 N–H and O–H groups in total. The molecule has 0 heterocycles. The van der Waals surface area contributed by atoms with Crippen LogP contribution in [-0.4, -0.2) is 26.2 Å². The predicted octanol–water partition coefficient (Wildman–Crippen LogP) is 2.61. The summed E-state index contributed by atoms with van der Waals surface area (Å²) in [6.07, 6.45) is 1.04. The number of rotatable bonds is 5. The van der Waals surface area contributed by atoms with Crippen molar-refractivity contribution >= 4 is 11.0 Å². The molecular formula is C13H29NO2S. The lowest BCUT2D eigenvalue weighted by Crippen LogP contribution is -2.47. The summed E-state index contributed by atoms with van der Waals surface area (Å²) in [5, 5.41) is 9.77. The zero-order chi connectivity index (χ0) is 13.9. The fraction of sp³-hybridized carbons (Fsp3) is 1.00. The number of nitrogens with one attached hydrogen (secondary N) is 1. The summed E-state index contributed by atoms with van der Waals surface area (Å²) in [6, 6.07) is 0.0532. The lowest BCUT2D eigenvalue weighted by atomic mass is 9.84. The molecule has 0 aromatic rings. The Morgan fingerprint density at radius 2 is 1.65 bits per heavy atom. The van der Waals surface area contributed by atoms with Crippen molar-refractivity contribution in [2.75, 3.05) is 0 Å². The summed E-state index contributed by atoms with van der Waals surface area (Å²) >= 11 is 0. The Morgan fingerprint density at radius 1 is 1.18 bits per heavy atom. The number of aliphatic hydroxyl groups excluding tert-OH is 1. The molecule has 1 unspecified atom stereocenters. The molecule has 0 aliphatic rings. The van der Waals surface area contributed by atoms with Crippen LogP contribution in [0.2, 0.25) is 0 Å². The average Bonchev–Trinajstić information content (AvgIpc) is 2.13. The molecule has 0 rings (SSSR count). The Kier molecular flexibility index (Phi) is 6.33. The Balaban J connectivity index is 4.68. The highest BCUT2D eigenvalue weighted by molar-refractivity contribution is 7.84. The highest BCUT2D eigenvalue weighted by atomic mass is 32.2. The van der Waals surface area contributed by atoms with Crippen LogP contribution < -0.4 is 4.72 Å². The van der Waals surface area contributed by atoms with E-state index < -0.39 is 11.0 Å². The summed E-state index contributed by atoms with van der Waals surface area (Å²) in [4.78, 5) is 0. The van der Waals surface area contributed by atoms with Crippen molar-refractivity contribution in [1.29, 1.82) is 0 Å². The molecule has 0 radical (unpaired) electrons. The first kappa shape index (κ1) is 17.1. The fourth-order valence-corrected chi connectivity index (χ4v) is 2.38. The Labute approximate surface area is 109 Å². The van der Waals surface area contributed by atoms with Gasteiger partial charge in [0.2, 0.25) is 0 Å². The standard InChI is InChI=1S/C13H29NO2S/c1-8-10(15)9-11(12(2,3)4)14-17(16)13(5,6)7/h10-11,14-15H,8-9H2,1-7H3/t10-,11-,17?/m1/s1. The largest absolute Gasteiger partial charge is 0.393 e. The van der Waals surface area contributed by atoms with E-state index in [2.05, 4.69) is 25.5 Å². The number of aliphatic hydroxyl groups is 1. The summed E-state index contributed by atoms with van der Waals surface area (Å²) in [7, 11) is -1.09. The van der Waals surface area contributed by atoms with E-state index in [0.717, 1.165) is 6.42 Å². The van der Waals surface area contributed by atoms with E-state index in [4.69, 9.17) is 0 Å². The maximum Gasteiger partial charge on any atom is 0.0972 e. The van der Waals surface area contributed by atoms with E-state index in [9.17, 15) is 9.32 Å².